The zero-order valence-corrected chi connectivity index (χ0v) is 10.00. The van der Waals surface area contributed by atoms with Crippen molar-refractivity contribution < 1.29 is 14.9 Å². The average molecular weight is 242 g/mol. The van der Waals surface area contributed by atoms with E-state index in [0.29, 0.717) is 0 Å². The highest BCUT2D eigenvalue weighted by molar-refractivity contribution is 5.47. The highest BCUT2D eigenvalue weighted by atomic mass is 16.5. The molecule has 2 aromatic carbocycles. The number of phenolic OH excluding ortho intramolecular Hbond substituents is 2. The van der Waals surface area contributed by atoms with Gasteiger partial charge in [0.15, 0.2) is 0 Å². The highest BCUT2D eigenvalue weighted by Gasteiger charge is 2.32. The first-order valence-corrected chi connectivity index (χ1v) is 5.93. The number of benzene rings is 2. The monoisotopic (exact) mass is 242 g/mol. The van der Waals surface area contributed by atoms with Crippen LogP contribution in [-0.2, 0) is 0 Å². The summed E-state index contributed by atoms with van der Waals surface area (Å²) in [7, 11) is 0. The Morgan fingerprint density at radius 2 is 1.61 bits per heavy atom. The second-order valence-corrected chi connectivity index (χ2v) is 4.64. The first kappa shape index (κ1) is 11.0. The fourth-order valence-corrected chi connectivity index (χ4v) is 2.42. The molecule has 0 saturated carbocycles. The molecule has 0 aliphatic carbocycles. The molecule has 3 nitrogen and oxygen atoms in total. The highest BCUT2D eigenvalue weighted by Crippen LogP contribution is 2.46. The first-order valence-electron chi connectivity index (χ1n) is 5.93. The van der Waals surface area contributed by atoms with E-state index in [-0.39, 0.29) is 23.5 Å². The van der Waals surface area contributed by atoms with E-state index in [0.717, 1.165) is 16.9 Å². The van der Waals surface area contributed by atoms with Crippen LogP contribution in [0.1, 0.15) is 30.1 Å². The Morgan fingerprint density at radius 1 is 0.944 bits per heavy atom. The predicted octanol–water partition coefficient (Wildman–Crippen LogP) is 3.34. The summed E-state index contributed by atoms with van der Waals surface area (Å²) < 4.78 is 5.91. The minimum atomic E-state index is -0.0672. The summed E-state index contributed by atoms with van der Waals surface area (Å²) in [6, 6.07) is 12.2. The van der Waals surface area contributed by atoms with E-state index in [1.54, 1.807) is 30.3 Å². The largest absolute Gasteiger partial charge is 0.508 e. The van der Waals surface area contributed by atoms with Gasteiger partial charge in [-0.2, -0.15) is 0 Å². The Kier molecular flexibility index (Phi) is 2.40. The van der Waals surface area contributed by atoms with Crippen molar-refractivity contribution in [1.82, 2.24) is 0 Å². The quantitative estimate of drug-likeness (QED) is 0.806. The van der Waals surface area contributed by atoms with Crippen molar-refractivity contribution >= 4 is 0 Å². The van der Waals surface area contributed by atoms with Gasteiger partial charge < -0.3 is 14.9 Å². The van der Waals surface area contributed by atoms with E-state index < -0.39 is 0 Å². The van der Waals surface area contributed by atoms with Gasteiger partial charge in [0.2, 0.25) is 0 Å². The van der Waals surface area contributed by atoms with Crippen LogP contribution in [0, 0.1) is 0 Å². The molecule has 92 valence electrons. The molecule has 0 bridgehead atoms. The third kappa shape index (κ3) is 1.68. The molecule has 0 fully saturated rings. The Bertz CT molecular complexity index is 575. The van der Waals surface area contributed by atoms with E-state index in [9.17, 15) is 10.2 Å². The van der Waals surface area contributed by atoms with Gasteiger partial charge >= 0.3 is 0 Å². The molecular formula is C15H14O3. The number of hydrogen-bond donors (Lipinski definition) is 2. The third-order valence-electron chi connectivity index (χ3n) is 3.41. The summed E-state index contributed by atoms with van der Waals surface area (Å²) in [6.07, 6.45) is -0.0672. The fourth-order valence-electron chi connectivity index (χ4n) is 2.42. The minimum absolute atomic E-state index is 0.0672. The van der Waals surface area contributed by atoms with Crippen molar-refractivity contribution in [2.75, 3.05) is 0 Å². The molecule has 3 rings (SSSR count). The Balaban J connectivity index is 1.96. The summed E-state index contributed by atoms with van der Waals surface area (Å²) in [5.41, 5.74) is 2.05. The Hall–Kier alpha value is -2.16. The third-order valence-corrected chi connectivity index (χ3v) is 3.41. The van der Waals surface area contributed by atoms with E-state index in [2.05, 4.69) is 6.92 Å². The van der Waals surface area contributed by atoms with Crippen molar-refractivity contribution in [1.29, 1.82) is 0 Å². The normalized spacial score (nSPS) is 21.4. The zero-order chi connectivity index (χ0) is 12.7. The van der Waals surface area contributed by atoms with Crippen LogP contribution in [0.3, 0.4) is 0 Å². The van der Waals surface area contributed by atoms with Crippen LogP contribution >= 0.6 is 0 Å². The van der Waals surface area contributed by atoms with E-state index >= 15 is 0 Å². The summed E-state index contributed by atoms with van der Waals surface area (Å²) in [5.74, 6) is 1.50. The van der Waals surface area contributed by atoms with E-state index in [1.165, 1.54) is 0 Å². The van der Waals surface area contributed by atoms with Gasteiger partial charge in [-0.15, -0.1) is 0 Å². The van der Waals surface area contributed by atoms with Gasteiger partial charge in [-0.3, -0.25) is 0 Å². The van der Waals surface area contributed by atoms with Gasteiger partial charge in [0.05, 0.1) is 0 Å². The maximum absolute atomic E-state index is 9.52. The van der Waals surface area contributed by atoms with Gasteiger partial charge in [0, 0.05) is 11.5 Å². The molecule has 2 atom stereocenters. The molecule has 2 N–H and O–H groups in total. The summed E-state index contributed by atoms with van der Waals surface area (Å²) in [4.78, 5) is 0. The van der Waals surface area contributed by atoms with Gasteiger partial charge in [-0.05, 0) is 35.9 Å². The first-order chi connectivity index (χ1) is 8.65. The molecule has 0 radical (unpaired) electrons. The summed E-state index contributed by atoms with van der Waals surface area (Å²) in [6.45, 7) is 2.07. The molecule has 1 aliphatic rings. The van der Waals surface area contributed by atoms with Gasteiger partial charge in [0.1, 0.15) is 23.4 Å². The number of ether oxygens (including phenoxy) is 1. The van der Waals surface area contributed by atoms with Crippen LogP contribution in [0.2, 0.25) is 0 Å². The lowest BCUT2D eigenvalue weighted by Gasteiger charge is -2.15. The molecule has 18 heavy (non-hydrogen) atoms. The van der Waals surface area contributed by atoms with Gasteiger partial charge in [-0.25, -0.2) is 0 Å². The van der Waals surface area contributed by atoms with Gasteiger partial charge in [-0.1, -0.05) is 19.1 Å². The SMILES string of the molecule is C[C@@H]1c2cc(O)ccc2O[C@H]1c1ccc(O)cc1. The van der Waals surface area contributed by atoms with Crippen LogP contribution in [0.4, 0.5) is 0 Å². The average Bonchev–Trinajstić information content (AvgIpc) is 2.68. The second-order valence-electron chi connectivity index (χ2n) is 4.64. The predicted molar refractivity (Wildman–Crippen MR) is 68.0 cm³/mol. The van der Waals surface area contributed by atoms with E-state index in [1.807, 2.05) is 12.1 Å². The molecule has 0 amide bonds. The van der Waals surface area contributed by atoms with Crippen LogP contribution < -0.4 is 4.74 Å². The van der Waals surface area contributed by atoms with E-state index in [4.69, 9.17) is 4.74 Å². The molecule has 1 aliphatic heterocycles. The van der Waals surface area contributed by atoms with Crippen LogP contribution in [0.5, 0.6) is 17.2 Å². The standard InChI is InChI=1S/C15H14O3/c1-9-13-8-12(17)6-7-14(13)18-15(9)10-2-4-11(16)5-3-10/h2-9,15-17H,1H3/t9-,15-/m1/s1. The molecule has 0 aromatic heterocycles. The van der Waals surface area contributed by atoms with Crippen LogP contribution in [0.25, 0.3) is 0 Å². The lowest BCUT2D eigenvalue weighted by Crippen LogP contribution is -2.06. The molecule has 0 unspecified atom stereocenters. The summed E-state index contributed by atoms with van der Waals surface area (Å²) in [5, 5.41) is 18.8. The van der Waals surface area contributed by atoms with Crippen molar-refractivity contribution in [3.8, 4) is 17.2 Å². The summed E-state index contributed by atoms with van der Waals surface area (Å²) >= 11 is 0. The van der Waals surface area contributed by atoms with Gasteiger partial charge in [0.25, 0.3) is 0 Å². The molecule has 3 heteroatoms. The molecule has 2 aromatic rings. The van der Waals surface area contributed by atoms with Crippen LogP contribution in [0.15, 0.2) is 42.5 Å². The number of fused-ring (bicyclic) bond motifs is 1. The minimum Gasteiger partial charge on any atom is -0.508 e. The van der Waals surface area contributed by atoms with Crippen molar-refractivity contribution in [3.63, 3.8) is 0 Å². The zero-order valence-electron chi connectivity index (χ0n) is 10.00. The van der Waals surface area contributed by atoms with Crippen molar-refractivity contribution in [2.45, 2.75) is 18.9 Å². The maximum atomic E-state index is 9.52. The lowest BCUT2D eigenvalue weighted by molar-refractivity contribution is 0.216. The van der Waals surface area contributed by atoms with Crippen molar-refractivity contribution in [2.24, 2.45) is 0 Å². The smallest absolute Gasteiger partial charge is 0.130 e. The number of rotatable bonds is 1. The maximum Gasteiger partial charge on any atom is 0.130 e. The number of phenols is 2. The topological polar surface area (TPSA) is 49.7 Å². The second kappa shape index (κ2) is 3.95. The molecule has 1 heterocycles. The molecule has 0 saturated heterocycles. The van der Waals surface area contributed by atoms with Crippen LogP contribution in [-0.4, -0.2) is 10.2 Å². The molecular weight excluding hydrogens is 228 g/mol. The lowest BCUT2D eigenvalue weighted by atomic mass is 9.93. The fraction of sp³-hybridized carbons (Fsp3) is 0.200. The number of aromatic hydroxyl groups is 2. The van der Waals surface area contributed by atoms with Crippen molar-refractivity contribution in [3.05, 3.63) is 53.6 Å². The Labute approximate surface area is 105 Å². The molecule has 0 spiro atoms. The Morgan fingerprint density at radius 3 is 2.33 bits per heavy atom. The number of hydrogen-bond acceptors (Lipinski definition) is 3.